The van der Waals surface area contributed by atoms with E-state index in [-0.39, 0.29) is 9.92 Å². The van der Waals surface area contributed by atoms with Gasteiger partial charge in [-0.15, -0.1) is 11.3 Å². The maximum Gasteiger partial charge on any atom is 0.185 e. The van der Waals surface area contributed by atoms with Crippen molar-refractivity contribution >= 4 is 53.8 Å². The lowest BCUT2D eigenvalue weighted by molar-refractivity contribution is 0.401. The minimum Gasteiger partial charge on any atom is -0.495 e. The lowest BCUT2D eigenvalue weighted by atomic mass is 10.1. The van der Waals surface area contributed by atoms with Crippen molar-refractivity contribution in [3.8, 4) is 5.75 Å². The Balaban J connectivity index is 1.43. The van der Waals surface area contributed by atoms with E-state index in [2.05, 4.69) is 20.8 Å². The zero-order valence-electron chi connectivity index (χ0n) is 17.2. The topological polar surface area (TPSA) is 59.5 Å². The molecular formula is C22H21BrClFN2O3S2. The van der Waals surface area contributed by atoms with Crippen LogP contribution in [0.3, 0.4) is 0 Å². The van der Waals surface area contributed by atoms with E-state index >= 15 is 0 Å². The Bertz CT molecular complexity index is 1230. The minimum absolute atomic E-state index is 0.100. The highest BCUT2D eigenvalue weighted by Crippen LogP contribution is 2.34. The number of thiazole rings is 1. The molecule has 3 aromatic rings. The molecule has 170 valence electrons. The van der Waals surface area contributed by atoms with Gasteiger partial charge in [-0.2, -0.15) is 0 Å². The summed E-state index contributed by atoms with van der Waals surface area (Å²) < 4.78 is 45.9. The normalized spacial score (nSPS) is 15.2. The first-order valence-electron chi connectivity index (χ1n) is 9.98. The summed E-state index contributed by atoms with van der Waals surface area (Å²) in [5, 5.41) is 2.47. The van der Waals surface area contributed by atoms with Crippen molar-refractivity contribution in [3.05, 3.63) is 68.3 Å². The smallest absolute Gasteiger partial charge is 0.185 e. The van der Waals surface area contributed by atoms with E-state index in [4.69, 9.17) is 21.3 Å². The van der Waals surface area contributed by atoms with Crippen LogP contribution in [0.25, 0.3) is 0 Å². The summed E-state index contributed by atoms with van der Waals surface area (Å²) in [5.74, 6) is -0.0752. The standard InChI is InChI=1S/C22H21BrClFN2O3S2/c1-30-20-5-3-15(23)12-21(20)32(28,29)17-6-8-27(9-7-17)22-26-16(13-31-22)10-14-2-4-19(25)18(24)11-14/h2-5,11-13,17H,6-10H2,1H3. The number of anilines is 1. The second-order valence-electron chi connectivity index (χ2n) is 7.57. The number of sulfone groups is 1. The van der Waals surface area contributed by atoms with Gasteiger partial charge in [-0.1, -0.05) is 33.6 Å². The molecular weight excluding hydrogens is 539 g/mol. The van der Waals surface area contributed by atoms with Crippen molar-refractivity contribution in [2.24, 2.45) is 0 Å². The molecule has 1 saturated heterocycles. The lowest BCUT2D eigenvalue weighted by Gasteiger charge is -2.31. The van der Waals surface area contributed by atoms with E-state index in [0.717, 1.165) is 16.4 Å². The maximum atomic E-state index is 13.4. The van der Waals surface area contributed by atoms with Crippen LogP contribution in [0.15, 0.2) is 51.1 Å². The summed E-state index contributed by atoms with van der Waals surface area (Å²) in [4.78, 5) is 7.04. The van der Waals surface area contributed by atoms with Gasteiger partial charge in [0.2, 0.25) is 0 Å². The number of methoxy groups -OCH3 is 1. The first kappa shape index (κ1) is 23.5. The van der Waals surface area contributed by atoms with Crippen LogP contribution in [-0.4, -0.2) is 38.9 Å². The quantitative estimate of drug-likeness (QED) is 0.385. The summed E-state index contributed by atoms with van der Waals surface area (Å²) in [6.45, 7) is 1.21. The average Bonchev–Trinajstić information content (AvgIpc) is 3.25. The van der Waals surface area contributed by atoms with Crippen molar-refractivity contribution in [2.45, 2.75) is 29.4 Å². The van der Waals surface area contributed by atoms with Crippen LogP contribution in [0.5, 0.6) is 5.75 Å². The number of rotatable bonds is 6. The maximum absolute atomic E-state index is 13.4. The van der Waals surface area contributed by atoms with Gasteiger partial charge in [-0.25, -0.2) is 17.8 Å². The van der Waals surface area contributed by atoms with E-state index in [1.807, 2.05) is 5.38 Å². The van der Waals surface area contributed by atoms with Crippen LogP contribution in [-0.2, 0) is 16.3 Å². The summed E-state index contributed by atoms with van der Waals surface area (Å²) in [7, 11) is -2.04. The Labute approximate surface area is 204 Å². The van der Waals surface area contributed by atoms with Crippen molar-refractivity contribution < 1.29 is 17.5 Å². The van der Waals surface area contributed by atoms with Crippen LogP contribution in [0.2, 0.25) is 5.02 Å². The van der Waals surface area contributed by atoms with E-state index in [1.165, 1.54) is 24.5 Å². The monoisotopic (exact) mass is 558 g/mol. The highest BCUT2D eigenvalue weighted by atomic mass is 79.9. The third-order valence-electron chi connectivity index (χ3n) is 5.49. The van der Waals surface area contributed by atoms with Gasteiger partial charge in [-0.05, 0) is 48.7 Å². The molecule has 0 N–H and O–H groups in total. The van der Waals surface area contributed by atoms with Crippen molar-refractivity contribution in [1.29, 1.82) is 0 Å². The molecule has 0 unspecified atom stereocenters. The fourth-order valence-electron chi connectivity index (χ4n) is 3.79. The molecule has 1 aliphatic heterocycles. The van der Waals surface area contributed by atoms with Gasteiger partial charge in [0.15, 0.2) is 15.0 Å². The number of piperidine rings is 1. The third-order valence-corrected chi connectivity index (χ3v) is 9.51. The molecule has 0 amide bonds. The number of hydrogen-bond acceptors (Lipinski definition) is 6. The average molecular weight is 560 g/mol. The molecule has 1 fully saturated rings. The van der Waals surface area contributed by atoms with Crippen LogP contribution >= 0.6 is 38.9 Å². The van der Waals surface area contributed by atoms with Gasteiger partial charge < -0.3 is 9.64 Å². The van der Waals surface area contributed by atoms with Crippen LogP contribution < -0.4 is 9.64 Å². The molecule has 2 aromatic carbocycles. The van der Waals surface area contributed by atoms with Crippen LogP contribution in [0.1, 0.15) is 24.1 Å². The number of nitrogens with zero attached hydrogens (tertiary/aromatic N) is 2. The zero-order valence-corrected chi connectivity index (χ0v) is 21.2. The van der Waals surface area contributed by atoms with E-state index in [9.17, 15) is 12.8 Å². The van der Waals surface area contributed by atoms with Crippen LogP contribution in [0, 0.1) is 5.82 Å². The highest BCUT2D eigenvalue weighted by Gasteiger charge is 2.34. The van der Waals surface area contributed by atoms with Crippen molar-refractivity contribution in [2.75, 3.05) is 25.1 Å². The summed E-state index contributed by atoms with van der Waals surface area (Å²) in [6, 6.07) is 9.71. The molecule has 5 nitrogen and oxygen atoms in total. The SMILES string of the molecule is COc1ccc(Br)cc1S(=O)(=O)C1CCN(c2nc(Cc3ccc(F)c(Cl)c3)cs2)CC1. The number of benzene rings is 2. The number of hydrogen-bond donors (Lipinski definition) is 0. The molecule has 0 saturated carbocycles. The summed E-state index contributed by atoms with van der Waals surface area (Å²) >= 11 is 10.8. The van der Waals surface area contributed by atoms with Gasteiger partial charge in [0.25, 0.3) is 0 Å². The van der Waals surface area contributed by atoms with Gasteiger partial charge in [0, 0.05) is 29.4 Å². The molecule has 1 aromatic heterocycles. The Morgan fingerprint density at radius 2 is 2.00 bits per heavy atom. The number of aromatic nitrogens is 1. The second kappa shape index (κ2) is 9.67. The third kappa shape index (κ3) is 4.95. The molecule has 0 bridgehead atoms. The van der Waals surface area contributed by atoms with Gasteiger partial charge >= 0.3 is 0 Å². The predicted octanol–water partition coefficient (Wildman–Crippen LogP) is 5.74. The molecule has 2 heterocycles. The zero-order chi connectivity index (χ0) is 22.9. The molecule has 1 aliphatic rings. The molecule has 0 aliphatic carbocycles. The Hall–Kier alpha value is -1.68. The Morgan fingerprint density at radius 1 is 1.25 bits per heavy atom. The Kier molecular flexibility index (Phi) is 7.09. The van der Waals surface area contributed by atoms with Gasteiger partial charge in [-0.3, -0.25) is 0 Å². The lowest BCUT2D eigenvalue weighted by Crippen LogP contribution is -2.39. The molecule has 0 spiro atoms. The van der Waals surface area contributed by atoms with Crippen LogP contribution in [0.4, 0.5) is 9.52 Å². The van der Waals surface area contributed by atoms with E-state index < -0.39 is 20.9 Å². The van der Waals surface area contributed by atoms with E-state index in [1.54, 1.807) is 30.3 Å². The summed E-state index contributed by atoms with van der Waals surface area (Å²) in [6.07, 6.45) is 1.59. The van der Waals surface area contributed by atoms with Crippen molar-refractivity contribution in [1.82, 2.24) is 4.98 Å². The summed E-state index contributed by atoms with van der Waals surface area (Å²) in [5.41, 5.74) is 1.77. The highest BCUT2D eigenvalue weighted by molar-refractivity contribution is 9.10. The molecule has 32 heavy (non-hydrogen) atoms. The van der Waals surface area contributed by atoms with Gasteiger partial charge in [0.05, 0.1) is 23.1 Å². The second-order valence-corrected chi connectivity index (χ2v) is 11.9. The van der Waals surface area contributed by atoms with Crippen molar-refractivity contribution in [3.63, 3.8) is 0 Å². The molecule has 4 rings (SSSR count). The first-order valence-corrected chi connectivity index (χ1v) is 13.6. The fourth-order valence-corrected chi connectivity index (χ4v) is 7.30. The number of halogens is 3. The fraction of sp³-hybridized carbons (Fsp3) is 0.318. The first-order chi connectivity index (χ1) is 15.3. The minimum atomic E-state index is -3.52. The molecule has 0 atom stereocenters. The number of ether oxygens (including phenoxy) is 1. The molecule has 0 radical (unpaired) electrons. The predicted molar refractivity (Wildman–Crippen MR) is 129 cm³/mol. The largest absolute Gasteiger partial charge is 0.495 e. The molecule has 10 heteroatoms. The Morgan fingerprint density at radius 3 is 2.69 bits per heavy atom. The van der Waals surface area contributed by atoms with E-state index in [0.29, 0.717) is 42.6 Å². The van der Waals surface area contributed by atoms with Gasteiger partial charge in [0.1, 0.15) is 16.5 Å².